The lowest BCUT2D eigenvalue weighted by molar-refractivity contribution is 0.0556. The van der Waals surface area contributed by atoms with E-state index in [1.54, 1.807) is 12.4 Å². The molecule has 1 aliphatic heterocycles. The maximum Gasteiger partial charge on any atom is 0.410 e. The van der Waals surface area contributed by atoms with Crippen molar-refractivity contribution in [1.29, 1.82) is 0 Å². The van der Waals surface area contributed by atoms with Crippen LogP contribution in [0.25, 0.3) is 0 Å². The van der Waals surface area contributed by atoms with E-state index in [0.717, 1.165) is 5.56 Å². The lowest BCUT2D eigenvalue weighted by Crippen LogP contribution is -2.44. The third-order valence-electron chi connectivity index (χ3n) is 3.52. The van der Waals surface area contributed by atoms with Crippen molar-refractivity contribution >= 4 is 6.09 Å². The Kier molecular flexibility index (Phi) is 5.30. The average Bonchev–Trinajstić information content (AvgIpc) is 2.88. The number of carbonyl (C=O) groups excluding carboxylic acids is 1. The smallest absolute Gasteiger partial charge is 0.410 e. The summed E-state index contributed by atoms with van der Waals surface area (Å²) >= 11 is 0. The SMILES string of the molecule is C=CCOC(=O)N1C[C@H](O)C[C@H]1C(O)Cc1ccncc1. The molecule has 1 aromatic heterocycles. The summed E-state index contributed by atoms with van der Waals surface area (Å²) in [6.45, 7) is 3.77. The molecule has 1 unspecified atom stereocenters. The molecule has 0 radical (unpaired) electrons. The number of amides is 1. The Morgan fingerprint density at radius 1 is 1.57 bits per heavy atom. The maximum atomic E-state index is 11.9. The Labute approximate surface area is 123 Å². The molecule has 0 bridgehead atoms. The molecule has 6 nitrogen and oxygen atoms in total. The molecule has 1 aromatic rings. The Morgan fingerprint density at radius 3 is 2.95 bits per heavy atom. The highest BCUT2D eigenvalue weighted by Crippen LogP contribution is 2.23. The van der Waals surface area contributed by atoms with Gasteiger partial charge >= 0.3 is 6.09 Å². The summed E-state index contributed by atoms with van der Waals surface area (Å²) in [7, 11) is 0. The van der Waals surface area contributed by atoms with Crippen molar-refractivity contribution in [2.45, 2.75) is 31.1 Å². The second-order valence-corrected chi connectivity index (χ2v) is 5.10. The van der Waals surface area contributed by atoms with E-state index >= 15 is 0 Å². The fourth-order valence-corrected chi connectivity index (χ4v) is 2.53. The molecule has 2 rings (SSSR count). The number of aromatic nitrogens is 1. The predicted molar refractivity (Wildman–Crippen MR) is 76.6 cm³/mol. The number of carbonyl (C=O) groups is 1. The van der Waals surface area contributed by atoms with Crippen molar-refractivity contribution in [3.8, 4) is 0 Å². The molecule has 3 atom stereocenters. The quantitative estimate of drug-likeness (QED) is 0.782. The van der Waals surface area contributed by atoms with Gasteiger partial charge in [0.25, 0.3) is 0 Å². The molecule has 0 aliphatic carbocycles. The third kappa shape index (κ3) is 4.03. The summed E-state index contributed by atoms with van der Waals surface area (Å²) in [5.41, 5.74) is 0.929. The molecule has 1 aliphatic rings. The normalized spacial score (nSPS) is 22.9. The van der Waals surface area contributed by atoms with Gasteiger partial charge in [0.1, 0.15) is 6.61 Å². The largest absolute Gasteiger partial charge is 0.445 e. The van der Waals surface area contributed by atoms with E-state index in [0.29, 0.717) is 12.8 Å². The molecule has 0 saturated carbocycles. The molecule has 1 saturated heterocycles. The number of β-amino-alcohol motifs (C(OH)–C–C–N with tert-alkyl or cyclic N) is 1. The maximum absolute atomic E-state index is 11.9. The number of ether oxygens (including phenoxy) is 1. The zero-order valence-electron chi connectivity index (χ0n) is 11.8. The van der Waals surface area contributed by atoms with Gasteiger partial charge in [0.05, 0.1) is 24.8 Å². The first kappa shape index (κ1) is 15.5. The molecule has 2 heterocycles. The van der Waals surface area contributed by atoms with E-state index < -0.39 is 24.3 Å². The van der Waals surface area contributed by atoms with Gasteiger partial charge < -0.3 is 14.9 Å². The first-order valence-electron chi connectivity index (χ1n) is 6.91. The molecule has 2 N–H and O–H groups in total. The van der Waals surface area contributed by atoms with Gasteiger partial charge in [-0.3, -0.25) is 9.88 Å². The van der Waals surface area contributed by atoms with Crippen LogP contribution in [0.3, 0.4) is 0 Å². The summed E-state index contributed by atoms with van der Waals surface area (Å²) in [5, 5.41) is 20.1. The van der Waals surface area contributed by atoms with Gasteiger partial charge in [-0.2, -0.15) is 0 Å². The van der Waals surface area contributed by atoms with Crippen molar-refractivity contribution in [2.75, 3.05) is 13.2 Å². The second kappa shape index (κ2) is 7.19. The summed E-state index contributed by atoms with van der Waals surface area (Å²) in [6, 6.07) is 3.18. The van der Waals surface area contributed by atoms with E-state index in [4.69, 9.17) is 4.74 Å². The standard InChI is InChI=1S/C15H20N2O4/c1-2-7-21-15(20)17-10-12(18)9-13(17)14(19)8-11-3-5-16-6-4-11/h2-6,12-14,18-19H,1,7-10H2/t12-,13+,14?/m1/s1. The fourth-order valence-electron chi connectivity index (χ4n) is 2.53. The number of nitrogens with zero attached hydrogens (tertiary/aromatic N) is 2. The lowest BCUT2D eigenvalue weighted by Gasteiger charge is -2.27. The van der Waals surface area contributed by atoms with Crippen molar-refractivity contribution < 1.29 is 19.7 Å². The molecule has 1 amide bonds. The average molecular weight is 292 g/mol. The number of hydrogen-bond acceptors (Lipinski definition) is 5. The van der Waals surface area contributed by atoms with Crippen molar-refractivity contribution in [1.82, 2.24) is 9.88 Å². The van der Waals surface area contributed by atoms with E-state index in [1.165, 1.54) is 11.0 Å². The highest BCUT2D eigenvalue weighted by molar-refractivity contribution is 5.68. The number of likely N-dealkylation sites (tertiary alicyclic amines) is 1. The Morgan fingerprint density at radius 2 is 2.29 bits per heavy atom. The second-order valence-electron chi connectivity index (χ2n) is 5.10. The third-order valence-corrected chi connectivity index (χ3v) is 3.52. The van der Waals surface area contributed by atoms with Crippen LogP contribution in [0.4, 0.5) is 4.79 Å². The summed E-state index contributed by atoms with van der Waals surface area (Å²) in [5.74, 6) is 0. The first-order valence-corrected chi connectivity index (χ1v) is 6.91. The van der Waals surface area contributed by atoms with E-state index in [1.807, 2.05) is 12.1 Å². The van der Waals surface area contributed by atoms with Crippen LogP contribution in [0.15, 0.2) is 37.2 Å². The van der Waals surface area contributed by atoms with Crippen LogP contribution < -0.4 is 0 Å². The molecule has 21 heavy (non-hydrogen) atoms. The Bertz CT molecular complexity index is 480. The van der Waals surface area contributed by atoms with Gasteiger partial charge in [-0.05, 0) is 24.1 Å². The van der Waals surface area contributed by atoms with Gasteiger partial charge in [0, 0.05) is 18.8 Å². The topological polar surface area (TPSA) is 82.9 Å². The zero-order valence-corrected chi connectivity index (χ0v) is 11.8. The lowest BCUT2D eigenvalue weighted by atomic mass is 10.0. The number of aliphatic hydroxyl groups excluding tert-OH is 2. The molecular formula is C15H20N2O4. The van der Waals surface area contributed by atoms with Gasteiger partial charge in [-0.25, -0.2) is 4.79 Å². The van der Waals surface area contributed by atoms with Crippen LogP contribution in [-0.4, -0.2) is 57.6 Å². The van der Waals surface area contributed by atoms with Gasteiger partial charge in [-0.15, -0.1) is 0 Å². The Hall–Kier alpha value is -1.92. The van der Waals surface area contributed by atoms with Crippen molar-refractivity contribution in [2.24, 2.45) is 0 Å². The molecular weight excluding hydrogens is 272 g/mol. The van der Waals surface area contributed by atoms with E-state index in [2.05, 4.69) is 11.6 Å². The molecule has 6 heteroatoms. The fraction of sp³-hybridized carbons (Fsp3) is 0.467. The van der Waals surface area contributed by atoms with Crippen LogP contribution in [0.1, 0.15) is 12.0 Å². The number of aliphatic hydroxyl groups is 2. The highest BCUT2D eigenvalue weighted by Gasteiger charge is 2.39. The van der Waals surface area contributed by atoms with Crippen LogP contribution in [0.5, 0.6) is 0 Å². The summed E-state index contributed by atoms with van der Waals surface area (Å²) in [4.78, 5) is 17.3. The van der Waals surface area contributed by atoms with Gasteiger partial charge in [0.2, 0.25) is 0 Å². The molecule has 114 valence electrons. The van der Waals surface area contributed by atoms with Gasteiger partial charge in [0.15, 0.2) is 0 Å². The monoisotopic (exact) mass is 292 g/mol. The van der Waals surface area contributed by atoms with Gasteiger partial charge in [-0.1, -0.05) is 12.7 Å². The minimum absolute atomic E-state index is 0.110. The van der Waals surface area contributed by atoms with Crippen LogP contribution >= 0.6 is 0 Å². The number of rotatable bonds is 5. The first-order chi connectivity index (χ1) is 10.1. The molecule has 1 fully saturated rings. The predicted octanol–water partition coefficient (Wildman–Crippen LogP) is 0.743. The van der Waals surface area contributed by atoms with Crippen LogP contribution in [0, 0.1) is 0 Å². The number of hydrogen-bond donors (Lipinski definition) is 2. The van der Waals surface area contributed by atoms with Crippen molar-refractivity contribution in [3.05, 3.63) is 42.7 Å². The number of pyridine rings is 1. The van der Waals surface area contributed by atoms with E-state index in [9.17, 15) is 15.0 Å². The summed E-state index contributed by atoms with van der Waals surface area (Å²) < 4.78 is 4.99. The minimum Gasteiger partial charge on any atom is -0.445 e. The molecule has 0 aromatic carbocycles. The van der Waals surface area contributed by atoms with E-state index in [-0.39, 0.29) is 13.2 Å². The van der Waals surface area contributed by atoms with Crippen molar-refractivity contribution in [3.63, 3.8) is 0 Å². The Balaban J connectivity index is 2.01. The minimum atomic E-state index is -0.763. The van der Waals surface area contributed by atoms with Crippen LogP contribution in [-0.2, 0) is 11.2 Å². The zero-order chi connectivity index (χ0) is 15.2. The van der Waals surface area contributed by atoms with Crippen LogP contribution in [0.2, 0.25) is 0 Å². The summed E-state index contributed by atoms with van der Waals surface area (Å²) in [6.07, 6.45) is 3.58. The highest BCUT2D eigenvalue weighted by atomic mass is 16.6. The molecule has 0 spiro atoms.